The first-order valence-electron chi connectivity index (χ1n) is 6.18. The van der Waals surface area contributed by atoms with Gasteiger partial charge in [-0.15, -0.1) is 0 Å². The first-order valence-corrected chi connectivity index (χ1v) is 6.18. The van der Waals surface area contributed by atoms with E-state index in [4.69, 9.17) is 5.11 Å². The lowest BCUT2D eigenvalue weighted by atomic mass is 10.0. The summed E-state index contributed by atoms with van der Waals surface area (Å²) in [7, 11) is 0. The molecule has 0 aliphatic heterocycles. The predicted octanol–water partition coefficient (Wildman–Crippen LogP) is 3.24. The zero-order valence-electron chi connectivity index (χ0n) is 10.6. The minimum Gasteiger partial charge on any atom is -0.478 e. The van der Waals surface area contributed by atoms with Crippen LogP contribution < -0.4 is 0 Å². The second kappa shape index (κ2) is 5.01. The molecular formula is C16H12N2O2. The van der Waals surface area contributed by atoms with Crippen molar-refractivity contribution in [2.24, 2.45) is 0 Å². The quantitative estimate of drug-likeness (QED) is 0.790. The number of rotatable bonds is 3. The van der Waals surface area contributed by atoms with Gasteiger partial charge in [-0.3, -0.25) is 0 Å². The van der Waals surface area contributed by atoms with Crippen LogP contribution in [0.5, 0.6) is 0 Å². The van der Waals surface area contributed by atoms with Crippen LogP contribution in [0.15, 0.2) is 67.0 Å². The Morgan fingerprint density at radius 2 is 1.85 bits per heavy atom. The molecule has 0 unspecified atom stereocenters. The minimum absolute atomic E-state index is 0.246. The summed E-state index contributed by atoms with van der Waals surface area (Å²) < 4.78 is 1.68. The van der Waals surface area contributed by atoms with E-state index in [9.17, 15) is 4.79 Å². The van der Waals surface area contributed by atoms with Crippen molar-refractivity contribution >= 4 is 5.97 Å². The van der Waals surface area contributed by atoms with Gasteiger partial charge in [0.2, 0.25) is 0 Å². The summed E-state index contributed by atoms with van der Waals surface area (Å²) in [6, 6.07) is 16.7. The summed E-state index contributed by atoms with van der Waals surface area (Å²) in [4.78, 5) is 11.1. The van der Waals surface area contributed by atoms with E-state index in [1.807, 2.05) is 42.5 Å². The molecule has 4 heteroatoms. The van der Waals surface area contributed by atoms with Gasteiger partial charge < -0.3 is 5.11 Å². The summed E-state index contributed by atoms with van der Waals surface area (Å²) >= 11 is 0. The second-order valence-electron chi connectivity index (χ2n) is 4.35. The van der Waals surface area contributed by atoms with Crippen LogP contribution in [0, 0.1) is 0 Å². The van der Waals surface area contributed by atoms with Gasteiger partial charge in [0.1, 0.15) is 0 Å². The molecular weight excluding hydrogens is 252 g/mol. The number of carbonyl (C=O) groups is 1. The largest absolute Gasteiger partial charge is 0.478 e. The molecule has 0 aliphatic carbocycles. The Morgan fingerprint density at radius 1 is 1.05 bits per heavy atom. The fraction of sp³-hybridized carbons (Fsp3) is 0. The lowest BCUT2D eigenvalue weighted by Gasteiger charge is -2.11. The molecule has 0 atom stereocenters. The van der Waals surface area contributed by atoms with Crippen molar-refractivity contribution in [1.29, 1.82) is 0 Å². The smallest absolute Gasteiger partial charge is 0.335 e. The number of benzene rings is 2. The molecule has 4 nitrogen and oxygen atoms in total. The molecule has 0 aliphatic rings. The predicted molar refractivity (Wildman–Crippen MR) is 76.0 cm³/mol. The maximum atomic E-state index is 11.1. The van der Waals surface area contributed by atoms with Crippen molar-refractivity contribution in [2.45, 2.75) is 0 Å². The average Bonchev–Trinajstić information content (AvgIpc) is 3.01. The molecule has 3 rings (SSSR count). The first kappa shape index (κ1) is 12.2. The molecule has 0 radical (unpaired) electrons. The fourth-order valence-corrected chi connectivity index (χ4v) is 2.13. The second-order valence-corrected chi connectivity index (χ2v) is 4.35. The Kier molecular flexibility index (Phi) is 3.05. The standard InChI is InChI=1S/C16H12N2O2/c19-16(20)13-7-8-14(12-5-2-1-3-6-12)15(11-13)18-10-4-9-17-18/h1-11H,(H,19,20). The molecule has 1 aromatic heterocycles. The Morgan fingerprint density at radius 3 is 2.50 bits per heavy atom. The molecule has 20 heavy (non-hydrogen) atoms. The maximum Gasteiger partial charge on any atom is 0.335 e. The van der Waals surface area contributed by atoms with Crippen LogP contribution >= 0.6 is 0 Å². The maximum absolute atomic E-state index is 11.1. The zero-order chi connectivity index (χ0) is 13.9. The van der Waals surface area contributed by atoms with Gasteiger partial charge in [-0.05, 0) is 23.8 Å². The van der Waals surface area contributed by atoms with Crippen molar-refractivity contribution in [3.8, 4) is 16.8 Å². The first-order chi connectivity index (χ1) is 9.75. The Balaban J connectivity index is 2.22. The van der Waals surface area contributed by atoms with Crippen molar-refractivity contribution < 1.29 is 9.90 Å². The highest BCUT2D eigenvalue weighted by atomic mass is 16.4. The number of hydrogen-bond donors (Lipinski definition) is 1. The lowest BCUT2D eigenvalue weighted by molar-refractivity contribution is 0.0697. The molecule has 0 saturated heterocycles. The van der Waals surface area contributed by atoms with Crippen LogP contribution in [-0.2, 0) is 0 Å². The summed E-state index contributed by atoms with van der Waals surface area (Å²) in [6.45, 7) is 0. The molecule has 98 valence electrons. The molecule has 0 fully saturated rings. The van der Waals surface area contributed by atoms with E-state index in [2.05, 4.69) is 5.10 Å². The van der Waals surface area contributed by atoms with E-state index in [0.717, 1.165) is 16.8 Å². The lowest BCUT2D eigenvalue weighted by Crippen LogP contribution is -2.02. The van der Waals surface area contributed by atoms with Gasteiger partial charge in [-0.1, -0.05) is 36.4 Å². The van der Waals surface area contributed by atoms with Crippen LogP contribution in [0.1, 0.15) is 10.4 Å². The van der Waals surface area contributed by atoms with Gasteiger partial charge in [0.05, 0.1) is 11.3 Å². The number of carboxylic acid groups (broad SMARTS) is 1. The SMILES string of the molecule is O=C(O)c1ccc(-c2ccccc2)c(-n2cccn2)c1. The Hall–Kier alpha value is -2.88. The van der Waals surface area contributed by atoms with Crippen molar-refractivity contribution in [3.05, 3.63) is 72.6 Å². The van der Waals surface area contributed by atoms with Crippen LogP contribution in [0.2, 0.25) is 0 Å². The van der Waals surface area contributed by atoms with Crippen LogP contribution in [0.25, 0.3) is 16.8 Å². The number of hydrogen-bond acceptors (Lipinski definition) is 2. The molecule has 1 heterocycles. The van der Waals surface area contributed by atoms with E-state index in [1.54, 1.807) is 29.2 Å². The third kappa shape index (κ3) is 2.19. The summed E-state index contributed by atoms with van der Waals surface area (Å²) in [5.41, 5.74) is 2.96. The van der Waals surface area contributed by atoms with Crippen LogP contribution in [0.3, 0.4) is 0 Å². The average molecular weight is 264 g/mol. The van der Waals surface area contributed by atoms with Gasteiger partial charge >= 0.3 is 5.97 Å². The summed E-state index contributed by atoms with van der Waals surface area (Å²) in [5, 5.41) is 13.3. The van der Waals surface area contributed by atoms with Gasteiger partial charge in [-0.2, -0.15) is 5.10 Å². The number of aromatic nitrogens is 2. The highest BCUT2D eigenvalue weighted by molar-refractivity contribution is 5.90. The van der Waals surface area contributed by atoms with Crippen LogP contribution in [0.4, 0.5) is 0 Å². The third-order valence-corrected chi connectivity index (χ3v) is 3.08. The van der Waals surface area contributed by atoms with Gasteiger partial charge in [0, 0.05) is 18.0 Å². The Bertz CT molecular complexity index is 734. The third-order valence-electron chi connectivity index (χ3n) is 3.08. The van der Waals surface area contributed by atoms with E-state index in [1.165, 1.54) is 0 Å². The molecule has 1 N–H and O–H groups in total. The van der Waals surface area contributed by atoms with Crippen molar-refractivity contribution in [1.82, 2.24) is 9.78 Å². The zero-order valence-corrected chi connectivity index (χ0v) is 10.6. The molecule has 0 amide bonds. The molecule has 3 aromatic rings. The highest BCUT2D eigenvalue weighted by Gasteiger charge is 2.11. The van der Waals surface area contributed by atoms with E-state index >= 15 is 0 Å². The van der Waals surface area contributed by atoms with Crippen molar-refractivity contribution in [2.75, 3.05) is 0 Å². The molecule has 0 spiro atoms. The topological polar surface area (TPSA) is 55.1 Å². The molecule has 0 saturated carbocycles. The van der Waals surface area contributed by atoms with Gasteiger partial charge in [0.15, 0.2) is 0 Å². The van der Waals surface area contributed by atoms with Gasteiger partial charge in [-0.25, -0.2) is 9.48 Å². The number of carboxylic acids is 1. The van der Waals surface area contributed by atoms with E-state index < -0.39 is 5.97 Å². The summed E-state index contributed by atoms with van der Waals surface area (Å²) in [5.74, 6) is -0.946. The monoisotopic (exact) mass is 264 g/mol. The van der Waals surface area contributed by atoms with Crippen molar-refractivity contribution in [3.63, 3.8) is 0 Å². The van der Waals surface area contributed by atoms with E-state index in [-0.39, 0.29) is 5.56 Å². The molecule has 2 aromatic carbocycles. The molecule has 0 bridgehead atoms. The summed E-state index contributed by atoms with van der Waals surface area (Å²) in [6.07, 6.45) is 3.47. The normalized spacial score (nSPS) is 10.4. The fourth-order valence-electron chi connectivity index (χ4n) is 2.13. The van der Waals surface area contributed by atoms with Gasteiger partial charge in [0.25, 0.3) is 0 Å². The van der Waals surface area contributed by atoms with Crippen LogP contribution in [-0.4, -0.2) is 20.9 Å². The highest BCUT2D eigenvalue weighted by Crippen LogP contribution is 2.27. The Labute approximate surface area is 115 Å². The minimum atomic E-state index is -0.946. The van der Waals surface area contributed by atoms with E-state index in [0.29, 0.717) is 0 Å². The number of nitrogens with zero attached hydrogens (tertiary/aromatic N) is 2. The number of aromatic carboxylic acids is 1.